The molecular weight excluding hydrogens is 415 g/mol. The largest absolute Gasteiger partial charge is 0.353 e. The first-order valence-electron chi connectivity index (χ1n) is 11.2. The van der Waals surface area contributed by atoms with Crippen LogP contribution in [0.25, 0.3) is 0 Å². The summed E-state index contributed by atoms with van der Waals surface area (Å²) >= 11 is 6.34. The van der Waals surface area contributed by atoms with Gasteiger partial charge in [0.2, 0.25) is 5.91 Å². The Balaban J connectivity index is 1.63. The van der Waals surface area contributed by atoms with Crippen LogP contribution in [-0.2, 0) is 11.2 Å². The average molecular weight is 445 g/mol. The number of carbonyl (C=O) groups is 1. The molecule has 1 aliphatic heterocycles. The van der Waals surface area contributed by atoms with Crippen molar-refractivity contribution in [2.45, 2.75) is 52.4 Å². The van der Waals surface area contributed by atoms with Crippen molar-refractivity contribution in [2.75, 3.05) is 31.1 Å². The zero-order valence-corrected chi connectivity index (χ0v) is 19.3. The van der Waals surface area contributed by atoms with E-state index in [0.717, 1.165) is 36.3 Å². The monoisotopic (exact) mass is 444 g/mol. The van der Waals surface area contributed by atoms with Gasteiger partial charge in [-0.2, -0.15) is 0 Å². The Kier molecular flexibility index (Phi) is 6.47. The van der Waals surface area contributed by atoms with Crippen molar-refractivity contribution in [1.82, 2.24) is 14.9 Å². The van der Waals surface area contributed by atoms with E-state index < -0.39 is 0 Å². The van der Waals surface area contributed by atoms with Gasteiger partial charge in [-0.05, 0) is 37.8 Å². The number of carbonyl (C=O) groups excluding carboxylic acids is 1. The minimum atomic E-state index is -0.315. The van der Waals surface area contributed by atoms with Gasteiger partial charge in [-0.15, -0.1) is 0 Å². The number of anilines is 1. The lowest BCUT2D eigenvalue weighted by atomic mass is 9.84. The summed E-state index contributed by atoms with van der Waals surface area (Å²) in [6, 6.07) is 4.78. The number of amides is 1. The van der Waals surface area contributed by atoms with E-state index in [2.05, 4.69) is 18.7 Å². The third-order valence-electron chi connectivity index (χ3n) is 6.44. The lowest BCUT2D eigenvalue weighted by Gasteiger charge is -2.39. The maximum Gasteiger partial charge on any atom is 0.225 e. The summed E-state index contributed by atoms with van der Waals surface area (Å²) in [5, 5.41) is 0.414. The van der Waals surface area contributed by atoms with Gasteiger partial charge in [0.1, 0.15) is 17.5 Å². The molecule has 1 saturated carbocycles. The van der Waals surface area contributed by atoms with E-state index in [1.807, 2.05) is 11.8 Å². The summed E-state index contributed by atoms with van der Waals surface area (Å²) in [6.45, 7) is 8.88. The molecule has 2 fully saturated rings. The average Bonchev–Trinajstić information content (AvgIpc) is 2.70. The molecule has 1 aromatic carbocycles. The molecular formula is C24H30ClFN4O. The van der Waals surface area contributed by atoms with E-state index in [4.69, 9.17) is 21.6 Å². The summed E-state index contributed by atoms with van der Waals surface area (Å²) in [5.74, 6) is 1.92. The van der Waals surface area contributed by atoms with E-state index in [1.165, 1.54) is 6.07 Å². The molecule has 31 heavy (non-hydrogen) atoms. The van der Waals surface area contributed by atoms with Crippen LogP contribution in [-0.4, -0.2) is 47.0 Å². The molecule has 4 rings (SSSR count). The van der Waals surface area contributed by atoms with Gasteiger partial charge in [-0.3, -0.25) is 4.79 Å². The van der Waals surface area contributed by atoms with Crippen LogP contribution in [0.15, 0.2) is 18.2 Å². The smallest absolute Gasteiger partial charge is 0.225 e. The number of aromatic nitrogens is 2. The molecule has 0 radical (unpaired) electrons. The van der Waals surface area contributed by atoms with Crippen LogP contribution < -0.4 is 4.90 Å². The highest BCUT2D eigenvalue weighted by atomic mass is 35.5. The molecule has 7 heteroatoms. The Morgan fingerprint density at radius 1 is 1.16 bits per heavy atom. The highest BCUT2D eigenvalue weighted by Crippen LogP contribution is 2.33. The second-order valence-electron chi connectivity index (χ2n) is 8.93. The second-order valence-corrected chi connectivity index (χ2v) is 9.34. The van der Waals surface area contributed by atoms with Gasteiger partial charge in [-0.1, -0.05) is 37.9 Å². The first kappa shape index (κ1) is 22.0. The van der Waals surface area contributed by atoms with E-state index in [9.17, 15) is 9.18 Å². The number of aryl methyl sites for hydroxylation is 1. The first-order valence-corrected chi connectivity index (χ1v) is 11.6. The lowest BCUT2D eigenvalue weighted by molar-refractivity contribution is -0.138. The highest BCUT2D eigenvalue weighted by molar-refractivity contribution is 6.31. The molecule has 1 aromatic heterocycles. The normalized spacial score (nSPS) is 17.2. The Bertz CT molecular complexity index is 948. The molecule has 5 nitrogen and oxygen atoms in total. The van der Waals surface area contributed by atoms with Crippen LogP contribution in [0.4, 0.5) is 10.2 Å². The van der Waals surface area contributed by atoms with Gasteiger partial charge in [-0.25, -0.2) is 14.4 Å². The van der Waals surface area contributed by atoms with Gasteiger partial charge < -0.3 is 9.80 Å². The Morgan fingerprint density at radius 2 is 1.87 bits per heavy atom. The summed E-state index contributed by atoms with van der Waals surface area (Å²) in [4.78, 5) is 26.3. The molecule has 1 amide bonds. The van der Waals surface area contributed by atoms with Crippen LogP contribution in [0.3, 0.4) is 0 Å². The molecule has 2 heterocycles. The van der Waals surface area contributed by atoms with Gasteiger partial charge in [0.25, 0.3) is 0 Å². The molecule has 1 aliphatic carbocycles. The fourth-order valence-electron chi connectivity index (χ4n) is 4.44. The zero-order valence-electron chi connectivity index (χ0n) is 18.5. The van der Waals surface area contributed by atoms with Gasteiger partial charge in [0, 0.05) is 54.7 Å². The topological polar surface area (TPSA) is 49.3 Å². The molecule has 2 aromatic rings. The number of nitrogens with zero attached hydrogens (tertiary/aromatic N) is 4. The standard InChI is InChI=1S/C24H30ClFN4O/c1-15(2)22-19(14-18-20(25)8-5-9-21(18)26)23(28-16(3)27-22)29-10-12-30(13-11-29)24(31)17-6-4-7-17/h5,8-9,15,17H,4,6-7,10-14H2,1-3H3. The van der Waals surface area contributed by atoms with E-state index in [1.54, 1.807) is 12.1 Å². The summed E-state index contributed by atoms with van der Waals surface area (Å²) in [7, 11) is 0. The minimum Gasteiger partial charge on any atom is -0.353 e. The second kappa shape index (κ2) is 9.11. The van der Waals surface area contributed by atoms with Crippen molar-refractivity contribution in [1.29, 1.82) is 0 Å². The lowest BCUT2D eigenvalue weighted by Crippen LogP contribution is -2.51. The minimum absolute atomic E-state index is 0.169. The van der Waals surface area contributed by atoms with Crippen molar-refractivity contribution in [3.63, 3.8) is 0 Å². The van der Waals surface area contributed by atoms with Crippen LogP contribution >= 0.6 is 11.6 Å². The maximum absolute atomic E-state index is 14.6. The third-order valence-corrected chi connectivity index (χ3v) is 6.79. The quantitative estimate of drug-likeness (QED) is 0.668. The predicted molar refractivity (Wildman–Crippen MR) is 121 cm³/mol. The number of piperazine rings is 1. The fourth-order valence-corrected chi connectivity index (χ4v) is 4.67. The van der Waals surface area contributed by atoms with Gasteiger partial charge in [0.15, 0.2) is 0 Å². The molecule has 0 spiro atoms. The van der Waals surface area contributed by atoms with Crippen molar-refractivity contribution < 1.29 is 9.18 Å². The fraction of sp³-hybridized carbons (Fsp3) is 0.542. The summed E-state index contributed by atoms with van der Waals surface area (Å²) in [6.07, 6.45) is 3.55. The number of halogens is 2. The predicted octanol–water partition coefficient (Wildman–Crippen LogP) is 4.74. The van der Waals surface area contributed by atoms with Crippen molar-refractivity contribution in [3.05, 3.63) is 51.7 Å². The zero-order chi connectivity index (χ0) is 22.1. The molecule has 0 bridgehead atoms. The Morgan fingerprint density at radius 3 is 2.45 bits per heavy atom. The Labute approximate surface area is 188 Å². The number of hydrogen-bond donors (Lipinski definition) is 0. The van der Waals surface area contributed by atoms with E-state index in [0.29, 0.717) is 54.9 Å². The Hall–Kier alpha value is -2.21. The molecule has 0 atom stereocenters. The van der Waals surface area contributed by atoms with Crippen molar-refractivity contribution in [3.8, 4) is 0 Å². The molecule has 0 unspecified atom stereocenters. The van der Waals surface area contributed by atoms with Crippen molar-refractivity contribution >= 4 is 23.3 Å². The number of rotatable bonds is 5. The SMILES string of the molecule is Cc1nc(C(C)C)c(Cc2c(F)cccc2Cl)c(N2CCN(C(=O)C3CCC3)CC2)n1. The van der Waals surface area contributed by atoms with Crippen LogP contribution in [0, 0.1) is 18.7 Å². The van der Waals surface area contributed by atoms with E-state index >= 15 is 0 Å². The molecule has 2 aliphatic rings. The van der Waals surface area contributed by atoms with Gasteiger partial charge in [0.05, 0.1) is 5.69 Å². The summed E-state index contributed by atoms with van der Waals surface area (Å²) in [5.41, 5.74) is 2.32. The number of benzene rings is 1. The highest BCUT2D eigenvalue weighted by Gasteiger charge is 2.32. The molecule has 1 saturated heterocycles. The number of hydrogen-bond acceptors (Lipinski definition) is 4. The molecule has 0 N–H and O–H groups in total. The van der Waals surface area contributed by atoms with Crippen molar-refractivity contribution in [2.24, 2.45) is 5.92 Å². The first-order chi connectivity index (χ1) is 14.8. The van der Waals surface area contributed by atoms with E-state index in [-0.39, 0.29) is 17.7 Å². The van der Waals surface area contributed by atoms with Crippen LogP contribution in [0.1, 0.15) is 61.7 Å². The van der Waals surface area contributed by atoms with Crippen LogP contribution in [0.2, 0.25) is 5.02 Å². The molecule has 166 valence electrons. The van der Waals surface area contributed by atoms with Gasteiger partial charge >= 0.3 is 0 Å². The maximum atomic E-state index is 14.6. The summed E-state index contributed by atoms with van der Waals surface area (Å²) < 4.78 is 14.6. The third kappa shape index (κ3) is 4.54. The van der Waals surface area contributed by atoms with Crippen LogP contribution in [0.5, 0.6) is 0 Å².